The van der Waals surface area contributed by atoms with Crippen LogP contribution < -0.4 is 9.47 Å². The molecule has 0 bridgehead atoms. The normalized spacial score (nSPS) is 19.2. The molecule has 7 nitrogen and oxygen atoms in total. The van der Waals surface area contributed by atoms with Crippen molar-refractivity contribution in [1.82, 2.24) is 5.01 Å². The van der Waals surface area contributed by atoms with Crippen LogP contribution in [0.4, 0.5) is 5.69 Å². The van der Waals surface area contributed by atoms with Gasteiger partial charge in [-0.1, -0.05) is 28.1 Å². The number of ether oxygens (including phenoxy) is 2. The third-order valence-electron chi connectivity index (χ3n) is 5.54. The van der Waals surface area contributed by atoms with Crippen LogP contribution in [-0.2, 0) is 0 Å². The van der Waals surface area contributed by atoms with Crippen molar-refractivity contribution in [3.63, 3.8) is 0 Å². The predicted octanol–water partition coefficient (Wildman–Crippen LogP) is 5.61. The number of methoxy groups -OCH3 is 1. The number of hydrazone groups is 1. The molecule has 156 valence electrons. The Balaban J connectivity index is 1.57. The summed E-state index contributed by atoms with van der Waals surface area (Å²) in [5, 5.41) is 17.9. The number of benzene rings is 3. The molecule has 0 saturated carbocycles. The van der Waals surface area contributed by atoms with Crippen LogP contribution in [0, 0.1) is 10.1 Å². The van der Waals surface area contributed by atoms with Gasteiger partial charge in [-0.3, -0.25) is 10.1 Å². The Kier molecular flexibility index (Phi) is 4.86. The first-order chi connectivity index (χ1) is 15.0. The van der Waals surface area contributed by atoms with Crippen LogP contribution in [0.1, 0.15) is 35.4 Å². The predicted molar refractivity (Wildman–Crippen MR) is 119 cm³/mol. The molecule has 0 radical (unpaired) electrons. The lowest BCUT2D eigenvalue weighted by atomic mass is 9.96. The van der Waals surface area contributed by atoms with E-state index in [1.165, 1.54) is 12.1 Å². The molecule has 0 fully saturated rings. The van der Waals surface area contributed by atoms with E-state index in [2.05, 4.69) is 22.0 Å². The Bertz CT molecular complexity index is 1200. The minimum Gasteiger partial charge on any atom is -0.497 e. The van der Waals surface area contributed by atoms with E-state index >= 15 is 0 Å². The zero-order valence-electron chi connectivity index (χ0n) is 16.6. The summed E-state index contributed by atoms with van der Waals surface area (Å²) in [5.41, 5.74) is 3.83. The van der Waals surface area contributed by atoms with Crippen molar-refractivity contribution in [1.29, 1.82) is 0 Å². The van der Waals surface area contributed by atoms with E-state index in [-0.39, 0.29) is 11.7 Å². The third-order valence-corrected chi connectivity index (χ3v) is 6.04. The zero-order valence-corrected chi connectivity index (χ0v) is 18.2. The smallest absolute Gasteiger partial charge is 0.269 e. The lowest BCUT2D eigenvalue weighted by Gasteiger charge is -2.38. The minimum atomic E-state index is -0.484. The number of hydrogen-bond acceptors (Lipinski definition) is 6. The molecular weight excluding hydrogens is 462 g/mol. The summed E-state index contributed by atoms with van der Waals surface area (Å²) in [7, 11) is 1.64. The highest BCUT2D eigenvalue weighted by Gasteiger charge is 2.41. The average Bonchev–Trinajstić information content (AvgIpc) is 3.25. The molecule has 2 aliphatic rings. The van der Waals surface area contributed by atoms with E-state index in [9.17, 15) is 10.1 Å². The third kappa shape index (κ3) is 3.53. The molecule has 2 atom stereocenters. The molecule has 0 saturated heterocycles. The topological polar surface area (TPSA) is 77.2 Å². The van der Waals surface area contributed by atoms with E-state index in [4.69, 9.17) is 14.6 Å². The van der Waals surface area contributed by atoms with Gasteiger partial charge in [0.1, 0.15) is 11.5 Å². The number of nitro benzene ring substituents is 1. The molecule has 0 unspecified atom stereocenters. The van der Waals surface area contributed by atoms with Crippen LogP contribution >= 0.6 is 15.9 Å². The fourth-order valence-electron chi connectivity index (χ4n) is 4.02. The lowest BCUT2D eigenvalue weighted by molar-refractivity contribution is -0.384. The standard InChI is InChI=1S/C23H18BrN3O4/c1-30-18-4-2-3-15(11-18)20-13-21-19-12-16(24)7-10-22(19)31-23(26(21)25-20)14-5-8-17(9-6-14)27(28)29/h2-12,21,23H,13H2,1H3/t21-,23+/m0/s1. The van der Waals surface area contributed by atoms with Gasteiger partial charge >= 0.3 is 0 Å². The Labute approximate surface area is 187 Å². The lowest BCUT2D eigenvalue weighted by Crippen LogP contribution is -2.33. The van der Waals surface area contributed by atoms with Crippen molar-refractivity contribution >= 4 is 27.3 Å². The number of halogens is 1. The highest BCUT2D eigenvalue weighted by atomic mass is 79.9. The van der Waals surface area contributed by atoms with Crippen LogP contribution in [0.25, 0.3) is 0 Å². The SMILES string of the molecule is COc1cccc(C2=NN3[C@@H](c4ccc([N+](=O)[O-])cc4)Oc4ccc(Br)cc4[C@@H]3C2)c1. The van der Waals surface area contributed by atoms with E-state index in [0.717, 1.165) is 38.4 Å². The molecule has 3 aromatic carbocycles. The summed E-state index contributed by atoms with van der Waals surface area (Å²) in [6.07, 6.45) is 0.228. The second-order valence-corrected chi connectivity index (χ2v) is 8.30. The van der Waals surface area contributed by atoms with Gasteiger partial charge in [-0.25, -0.2) is 5.01 Å². The minimum absolute atomic E-state index is 0.0114. The first-order valence-corrected chi connectivity index (χ1v) is 10.5. The molecular formula is C23H18BrN3O4. The maximum atomic E-state index is 11.0. The fourth-order valence-corrected chi connectivity index (χ4v) is 4.39. The first kappa shape index (κ1) is 19.6. The summed E-state index contributed by atoms with van der Waals surface area (Å²) in [6, 6.07) is 20.2. The van der Waals surface area contributed by atoms with Crippen LogP contribution in [0.15, 0.2) is 76.3 Å². The van der Waals surface area contributed by atoms with Crippen molar-refractivity contribution in [2.75, 3.05) is 7.11 Å². The zero-order chi connectivity index (χ0) is 21.5. The monoisotopic (exact) mass is 479 g/mol. The number of fused-ring (bicyclic) bond motifs is 3. The second-order valence-electron chi connectivity index (χ2n) is 7.38. The quantitative estimate of drug-likeness (QED) is 0.359. The van der Waals surface area contributed by atoms with E-state index < -0.39 is 11.2 Å². The van der Waals surface area contributed by atoms with Gasteiger partial charge in [0.05, 0.1) is 23.8 Å². The molecule has 2 heterocycles. The Morgan fingerprint density at radius 1 is 1.16 bits per heavy atom. The first-order valence-electron chi connectivity index (χ1n) is 9.74. The Hall–Kier alpha value is -3.39. The van der Waals surface area contributed by atoms with Gasteiger partial charge in [-0.05, 0) is 42.5 Å². The second kappa shape index (κ2) is 7.70. The number of rotatable bonds is 4. The van der Waals surface area contributed by atoms with Crippen molar-refractivity contribution < 1.29 is 14.4 Å². The summed E-state index contributed by atoms with van der Waals surface area (Å²) < 4.78 is 12.7. The number of nitrogens with zero attached hydrogens (tertiary/aromatic N) is 3. The molecule has 0 aliphatic carbocycles. The van der Waals surface area contributed by atoms with E-state index in [0.29, 0.717) is 6.42 Å². The molecule has 0 amide bonds. The van der Waals surface area contributed by atoms with Gasteiger partial charge in [0, 0.05) is 39.7 Å². The molecule has 3 aromatic rings. The van der Waals surface area contributed by atoms with Crippen LogP contribution in [0.2, 0.25) is 0 Å². The Morgan fingerprint density at radius 2 is 1.97 bits per heavy atom. The van der Waals surface area contributed by atoms with Crippen molar-refractivity contribution in [3.05, 3.63) is 98.0 Å². The summed E-state index contributed by atoms with van der Waals surface area (Å²) in [5.74, 6) is 1.56. The molecule has 0 spiro atoms. The highest BCUT2D eigenvalue weighted by Crippen LogP contribution is 2.48. The van der Waals surface area contributed by atoms with Crippen molar-refractivity contribution in [2.45, 2.75) is 18.7 Å². The van der Waals surface area contributed by atoms with Gasteiger partial charge in [0.25, 0.3) is 5.69 Å². The van der Waals surface area contributed by atoms with Crippen LogP contribution in [-0.4, -0.2) is 22.8 Å². The molecule has 2 aliphatic heterocycles. The fraction of sp³-hybridized carbons (Fsp3) is 0.174. The molecule has 0 aromatic heterocycles. The summed E-state index contributed by atoms with van der Waals surface area (Å²) >= 11 is 3.56. The van der Waals surface area contributed by atoms with Crippen LogP contribution in [0.3, 0.4) is 0 Å². The van der Waals surface area contributed by atoms with Gasteiger partial charge in [0.15, 0.2) is 0 Å². The maximum absolute atomic E-state index is 11.0. The van der Waals surface area contributed by atoms with Gasteiger partial charge < -0.3 is 9.47 Å². The summed E-state index contributed by atoms with van der Waals surface area (Å²) in [6.45, 7) is 0. The number of nitro groups is 1. The largest absolute Gasteiger partial charge is 0.497 e. The number of hydrogen-bond donors (Lipinski definition) is 0. The van der Waals surface area contributed by atoms with Crippen molar-refractivity contribution in [2.24, 2.45) is 5.10 Å². The van der Waals surface area contributed by atoms with Gasteiger partial charge in [-0.15, -0.1) is 0 Å². The molecule has 8 heteroatoms. The average molecular weight is 480 g/mol. The molecule has 0 N–H and O–H groups in total. The van der Waals surface area contributed by atoms with Gasteiger partial charge in [0.2, 0.25) is 6.23 Å². The number of non-ortho nitro benzene ring substituents is 1. The highest BCUT2D eigenvalue weighted by molar-refractivity contribution is 9.10. The van der Waals surface area contributed by atoms with E-state index in [1.807, 2.05) is 41.4 Å². The molecule has 5 rings (SSSR count). The van der Waals surface area contributed by atoms with Gasteiger partial charge in [-0.2, -0.15) is 5.10 Å². The molecule has 31 heavy (non-hydrogen) atoms. The van der Waals surface area contributed by atoms with E-state index in [1.54, 1.807) is 19.2 Å². The Morgan fingerprint density at radius 3 is 2.71 bits per heavy atom. The van der Waals surface area contributed by atoms with Crippen LogP contribution in [0.5, 0.6) is 11.5 Å². The maximum Gasteiger partial charge on any atom is 0.269 e. The summed E-state index contributed by atoms with van der Waals surface area (Å²) in [4.78, 5) is 10.6. The van der Waals surface area contributed by atoms with Crippen molar-refractivity contribution in [3.8, 4) is 11.5 Å².